The molecule has 3 heteroatoms. The monoisotopic (exact) mass is 275 g/mol. The maximum atomic E-state index is 6.28. The number of rotatable bonds is 6. The summed E-state index contributed by atoms with van der Waals surface area (Å²) in [7, 11) is 0. The molecule has 3 atom stereocenters. The van der Waals surface area contributed by atoms with Gasteiger partial charge in [0.05, 0.1) is 0 Å². The molecule has 3 nitrogen and oxygen atoms in total. The molecule has 1 aliphatic heterocycles. The number of likely N-dealkylation sites (N-methyl/N-ethyl adjacent to an activating group) is 1. The van der Waals surface area contributed by atoms with Gasteiger partial charge in [-0.25, -0.2) is 0 Å². The van der Waals surface area contributed by atoms with Crippen LogP contribution in [0.15, 0.2) is 30.3 Å². The summed E-state index contributed by atoms with van der Waals surface area (Å²) in [6, 6.07) is 11.9. The lowest BCUT2D eigenvalue weighted by Gasteiger charge is -2.33. The molecule has 1 fully saturated rings. The summed E-state index contributed by atoms with van der Waals surface area (Å²) in [5.74, 6) is 0. The molecule has 2 rings (SSSR count). The average Bonchev–Trinajstić information content (AvgIpc) is 2.90. The Balaban J connectivity index is 2.09. The van der Waals surface area contributed by atoms with Gasteiger partial charge in [0.2, 0.25) is 0 Å². The number of likely N-dealkylation sites (tertiary alicyclic amines) is 1. The zero-order chi connectivity index (χ0) is 14.5. The molecule has 0 aromatic heterocycles. The van der Waals surface area contributed by atoms with Crippen molar-refractivity contribution < 1.29 is 0 Å². The predicted molar refractivity (Wildman–Crippen MR) is 85.7 cm³/mol. The molecule has 1 saturated heterocycles. The van der Waals surface area contributed by atoms with Crippen LogP contribution in [-0.4, -0.2) is 48.1 Å². The Kier molecular flexibility index (Phi) is 5.58. The Labute approximate surface area is 123 Å². The van der Waals surface area contributed by atoms with Gasteiger partial charge >= 0.3 is 0 Å². The fraction of sp³-hybridized carbons (Fsp3) is 0.647. The molecule has 0 aliphatic carbocycles. The van der Waals surface area contributed by atoms with Crippen molar-refractivity contribution in [2.24, 2.45) is 5.73 Å². The van der Waals surface area contributed by atoms with Gasteiger partial charge in [-0.2, -0.15) is 0 Å². The summed E-state index contributed by atoms with van der Waals surface area (Å²) in [6.45, 7) is 11.2. The van der Waals surface area contributed by atoms with Gasteiger partial charge < -0.3 is 5.73 Å². The molecule has 3 unspecified atom stereocenters. The van der Waals surface area contributed by atoms with E-state index < -0.39 is 0 Å². The second-order valence-electron chi connectivity index (χ2n) is 5.87. The fourth-order valence-corrected chi connectivity index (χ4v) is 3.56. The largest absolute Gasteiger partial charge is 0.326 e. The minimum absolute atomic E-state index is 0.160. The standard InChI is InChI=1S/C17H29N3/c1-4-19(5-2)16-11-12-20(13-16)17(14(3)18)15-9-7-6-8-10-15/h6-10,14,16-17H,4-5,11-13,18H2,1-3H3. The van der Waals surface area contributed by atoms with E-state index in [0.717, 1.165) is 26.2 Å². The Morgan fingerprint density at radius 1 is 1.25 bits per heavy atom. The number of benzene rings is 1. The molecular formula is C17H29N3. The first-order chi connectivity index (χ1) is 9.67. The third-order valence-electron chi connectivity index (χ3n) is 4.56. The van der Waals surface area contributed by atoms with E-state index in [2.05, 4.69) is 60.9 Å². The second kappa shape index (κ2) is 7.21. The second-order valence-corrected chi connectivity index (χ2v) is 5.87. The maximum Gasteiger partial charge on any atom is 0.0497 e. The van der Waals surface area contributed by atoms with Gasteiger partial charge in [-0.05, 0) is 32.0 Å². The first-order valence-corrected chi connectivity index (χ1v) is 7.96. The van der Waals surface area contributed by atoms with Gasteiger partial charge in [-0.1, -0.05) is 44.2 Å². The van der Waals surface area contributed by atoms with Crippen LogP contribution in [0.1, 0.15) is 38.8 Å². The molecule has 1 aliphatic rings. The Morgan fingerprint density at radius 2 is 1.90 bits per heavy atom. The van der Waals surface area contributed by atoms with E-state index in [9.17, 15) is 0 Å². The summed E-state index contributed by atoms with van der Waals surface area (Å²) in [6.07, 6.45) is 1.26. The Morgan fingerprint density at radius 3 is 2.45 bits per heavy atom. The first-order valence-electron chi connectivity index (χ1n) is 7.96. The molecular weight excluding hydrogens is 246 g/mol. The average molecular weight is 275 g/mol. The molecule has 20 heavy (non-hydrogen) atoms. The summed E-state index contributed by atoms with van der Waals surface area (Å²) >= 11 is 0. The van der Waals surface area contributed by atoms with Crippen molar-refractivity contribution >= 4 is 0 Å². The van der Waals surface area contributed by atoms with Crippen LogP contribution in [0.25, 0.3) is 0 Å². The molecule has 0 radical (unpaired) electrons. The van der Waals surface area contributed by atoms with E-state index in [1.54, 1.807) is 0 Å². The van der Waals surface area contributed by atoms with Gasteiger partial charge in [0, 0.05) is 31.2 Å². The molecule has 0 amide bonds. The highest BCUT2D eigenvalue weighted by Gasteiger charge is 2.32. The summed E-state index contributed by atoms with van der Waals surface area (Å²) < 4.78 is 0. The van der Waals surface area contributed by atoms with Gasteiger partial charge in [0.15, 0.2) is 0 Å². The number of hydrogen-bond acceptors (Lipinski definition) is 3. The molecule has 2 N–H and O–H groups in total. The van der Waals surface area contributed by atoms with Crippen LogP contribution in [0.2, 0.25) is 0 Å². The van der Waals surface area contributed by atoms with E-state index >= 15 is 0 Å². The summed E-state index contributed by atoms with van der Waals surface area (Å²) in [5, 5.41) is 0. The predicted octanol–water partition coefficient (Wildman–Crippen LogP) is 2.49. The zero-order valence-electron chi connectivity index (χ0n) is 13.1. The van der Waals surface area contributed by atoms with Crippen LogP contribution in [0.5, 0.6) is 0 Å². The van der Waals surface area contributed by atoms with Crippen LogP contribution < -0.4 is 5.73 Å². The molecule has 1 aromatic carbocycles. The maximum absolute atomic E-state index is 6.28. The fourth-order valence-electron chi connectivity index (χ4n) is 3.56. The Bertz CT molecular complexity index is 386. The SMILES string of the molecule is CCN(CC)C1CCN(C(c2ccccc2)C(C)N)C1. The van der Waals surface area contributed by atoms with E-state index in [1.165, 1.54) is 12.0 Å². The van der Waals surface area contributed by atoms with Gasteiger partial charge in [0.1, 0.15) is 0 Å². The minimum Gasteiger partial charge on any atom is -0.326 e. The normalized spacial score (nSPS) is 23.1. The lowest BCUT2D eigenvalue weighted by molar-refractivity contribution is 0.176. The van der Waals surface area contributed by atoms with Crippen molar-refractivity contribution in [3.05, 3.63) is 35.9 Å². The number of nitrogens with zero attached hydrogens (tertiary/aromatic N) is 2. The third kappa shape index (κ3) is 3.40. The van der Waals surface area contributed by atoms with Crippen molar-refractivity contribution in [1.29, 1.82) is 0 Å². The smallest absolute Gasteiger partial charge is 0.0497 e. The summed E-state index contributed by atoms with van der Waals surface area (Å²) in [4.78, 5) is 5.15. The molecule has 0 spiro atoms. The summed E-state index contributed by atoms with van der Waals surface area (Å²) in [5.41, 5.74) is 7.63. The van der Waals surface area contributed by atoms with Crippen molar-refractivity contribution in [2.75, 3.05) is 26.2 Å². The molecule has 112 valence electrons. The zero-order valence-corrected chi connectivity index (χ0v) is 13.1. The van der Waals surface area contributed by atoms with E-state index in [1.807, 2.05) is 0 Å². The van der Waals surface area contributed by atoms with Crippen LogP contribution in [-0.2, 0) is 0 Å². The highest BCUT2D eigenvalue weighted by Crippen LogP contribution is 2.28. The van der Waals surface area contributed by atoms with Crippen LogP contribution >= 0.6 is 0 Å². The Hall–Kier alpha value is -0.900. The lowest BCUT2D eigenvalue weighted by Crippen LogP contribution is -2.41. The third-order valence-corrected chi connectivity index (χ3v) is 4.56. The molecule has 1 aromatic rings. The van der Waals surface area contributed by atoms with E-state index in [-0.39, 0.29) is 6.04 Å². The highest BCUT2D eigenvalue weighted by atomic mass is 15.3. The van der Waals surface area contributed by atoms with Crippen molar-refractivity contribution in [1.82, 2.24) is 9.80 Å². The van der Waals surface area contributed by atoms with Crippen molar-refractivity contribution in [3.8, 4) is 0 Å². The minimum atomic E-state index is 0.160. The first kappa shape index (κ1) is 15.5. The number of nitrogens with two attached hydrogens (primary N) is 1. The van der Waals surface area contributed by atoms with Crippen molar-refractivity contribution in [2.45, 2.75) is 45.3 Å². The van der Waals surface area contributed by atoms with E-state index in [0.29, 0.717) is 12.1 Å². The number of hydrogen-bond donors (Lipinski definition) is 1. The van der Waals surface area contributed by atoms with Crippen molar-refractivity contribution in [3.63, 3.8) is 0 Å². The quantitative estimate of drug-likeness (QED) is 0.866. The molecule has 0 saturated carbocycles. The van der Waals surface area contributed by atoms with Crippen LogP contribution in [0.4, 0.5) is 0 Å². The van der Waals surface area contributed by atoms with Gasteiger partial charge in [-0.3, -0.25) is 9.80 Å². The topological polar surface area (TPSA) is 32.5 Å². The van der Waals surface area contributed by atoms with Gasteiger partial charge in [0.25, 0.3) is 0 Å². The molecule has 0 bridgehead atoms. The lowest BCUT2D eigenvalue weighted by atomic mass is 9.99. The molecule has 1 heterocycles. The van der Waals surface area contributed by atoms with Crippen LogP contribution in [0.3, 0.4) is 0 Å². The van der Waals surface area contributed by atoms with Crippen LogP contribution in [0, 0.1) is 0 Å². The van der Waals surface area contributed by atoms with E-state index in [4.69, 9.17) is 5.73 Å². The highest BCUT2D eigenvalue weighted by molar-refractivity contribution is 5.21. The van der Waals surface area contributed by atoms with Gasteiger partial charge in [-0.15, -0.1) is 0 Å².